The Morgan fingerprint density at radius 3 is 2.35 bits per heavy atom. The zero-order chi connectivity index (χ0) is 24.7. The van der Waals surface area contributed by atoms with Crippen LogP contribution in [0.3, 0.4) is 0 Å². The third kappa shape index (κ3) is 3.90. The SMILES string of the molecule is COC(=O)CCc1ccc(N2C(=S)N(c3ccc(C#N)c(C(F)(F)F)c3)C(=O)C23CCC3)cc1. The van der Waals surface area contributed by atoms with Gasteiger partial charge in [-0.15, -0.1) is 0 Å². The van der Waals surface area contributed by atoms with E-state index in [4.69, 9.17) is 17.5 Å². The summed E-state index contributed by atoms with van der Waals surface area (Å²) in [6.07, 6.45) is -2.20. The van der Waals surface area contributed by atoms with Crippen LogP contribution < -0.4 is 9.80 Å². The van der Waals surface area contributed by atoms with Crippen molar-refractivity contribution in [1.29, 1.82) is 5.26 Å². The number of anilines is 2. The lowest BCUT2D eigenvalue weighted by molar-refractivity contribution is -0.140. The predicted octanol–water partition coefficient (Wildman–Crippen LogP) is 4.74. The van der Waals surface area contributed by atoms with Gasteiger partial charge in [0.1, 0.15) is 5.54 Å². The molecule has 10 heteroatoms. The Bertz CT molecular complexity index is 1200. The number of carbonyl (C=O) groups is 2. The smallest absolute Gasteiger partial charge is 0.417 e. The van der Waals surface area contributed by atoms with Gasteiger partial charge in [0.15, 0.2) is 5.11 Å². The molecule has 1 amide bonds. The summed E-state index contributed by atoms with van der Waals surface area (Å²) in [5.74, 6) is -0.698. The Balaban J connectivity index is 1.68. The van der Waals surface area contributed by atoms with Crippen LogP contribution in [0.25, 0.3) is 0 Å². The molecule has 1 aliphatic carbocycles. The number of methoxy groups -OCH3 is 1. The minimum absolute atomic E-state index is 0.0233. The van der Waals surface area contributed by atoms with Gasteiger partial charge >= 0.3 is 12.1 Å². The van der Waals surface area contributed by atoms with Crippen LogP contribution in [-0.2, 0) is 26.9 Å². The highest BCUT2D eigenvalue weighted by Crippen LogP contribution is 2.48. The number of hydrogen-bond acceptors (Lipinski definition) is 5. The largest absolute Gasteiger partial charge is 0.469 e. The fraction of sp³-hybridized carbons (Fsp3) is 0.333. The van der Waals surface area contributed by atoms with Gasteiger partial charge in [-0.05, 0) is 73.8 Å². The zero-order valence-electron chi connectivity index (χ0n) is 18.2. The quantitative estimate of drug-likeness (QED) is 0.448. The summed E-state index contributed by atoms with van der Waals surface area (Å²) in [4.78, 5) is 27.7. The number of nitriles is 1. The normalized spacial score (nSPS) is 17.0. The standard InChI is InChI=1S/C24H20F3N3O3S/c1-33-20(31)10-5-15-3-7-17(8-4-15)30-22(34)29(21(32)23(30)11-2-12-23)18-9-6-16(14-28)19(13-18)24(25,26)27/h3-4,6-9,13H,2,5,10-12H2,1H3. The number of amides is 1. The van der Waals surface area contributed by atoms with Crippen molar-refractivity contribution in [2.45, 2.75) is 43.8 Å². The first kappa shape index (κ1) is 23.7. The van der Waals surface area contributed by atoms with E-state index < -0.39 is 22.8 Å². The van der Waals surface area contributed by atoms with Gasteiger partial charge < -0.3 is 9.64 Å². The van der Waals surface area contributed by atoms with E-state index in [2.05, 4.69) is 4.74 Å². The van der Waals surface area contributed by atoms with E-state index in [1.807, 2.05) is 12.1 Å². The number of nitrogens with zero attached hydrogens (tertiary/aromatic N) is 3. The summed E-state index contributed by atoms with van der Waals surface area (Å²) in [7, 11) is 1.33. The van der Waals surface area contributed by atoms with Gasteiger partial charge in [0.25, 0.3) is 5.91 Å². The van der Waals surface area contributed by atoms with Crippen LogP contribution in [0.1, 0.15) is 42.4 Å². The zero-order valence-corrected chi connectivity index (χ0v) is 19.0. The van der Waals surface area contributed by atoms with Crippen LogP contribution in [0.15, 0.2) is 42.5 Å². The second kappa shape index (κ2) is 8.72. The Morgan fingerprint density at radius 2 is 1.82 bits per heavy atom. The van der Waals surface area contributed by atoms with E-state index in [1.165, 1.54) is 13.2 Å². The lowest BCUT2D eigenvalue weighted by Gasteiger charge is -2.43. The molecular formula is C24H20F3N3O3S. The van der Waals surface area contributed by atoms with Gasteiger partial charge in [0.2, 0.25) is 0 Å². The predicted molar refractivity (Wildman–Crippen MR) is 122 cm³/mol. The number of thiocarbonyl (C=S) groups is 1. The van der Waals surface area contributed by atoms with Crippen LogP contribution in [0.2, 0.25) is 0 Å². The number of rotatable bonds is 5. The lowest BCUT2D eigenvalue weighted by Crippen LogP contribution is -2.55. The lowest BCUT2D eigenvalue weighted by atomic mass is 9.75. The maximum absolute atomic E-state index is 13.5. The molecule has 2 fully saturated rings. The average Bonchev–Trinajstić information content (AvgIpc) is 3.03. The molecule has 0 bridgehead atoms. The maximum atomic E-state index is 13.5. The molecule has 2 aromatic rings. The summed E-state index contributed by atoms with van der Waals surface area (Å²) in [6, 6.07) is 11.9. The fourth-order valence-corrected chi connectivity index (χ4v) is 4.84. The van der Waals surface area contributed by atoms with Crippen molar-refractivity contribution < 1.29 is 27.5 Å². The monoisotopic (exact) mass is 487 g/mol. The number of halogens is 3. The Hall–Kier alpha value is -3.45. The third-order valence-corrected chi connectivity index (χ3v) is 6.68. The molecule has 1 heterocycles. The van der Waals surface area contributed by atoms with Crippen molar-refractivity contribution in [3.8, 4) is 6.07 Å². The van der Waals surface area contributed by atoms with E-state index >= 15 is 0 Å². The van der Waals surface area contributed by atoms with Crippen molar-refractivity contribution in [3.05, 3.63) is 59.2 Å². The minimum atomic E-state index is -4.75. The van der Waals surface area contributed by atoms with Gasteiger partial charge in [-0.3, -0.25) is 14.5 Å². The number of ether oxygens (including phenoxy) is 1. The summed E-state index contributed by atoms with van der Waals surface area (Å²) in [5.41, 5.74) is -1.06. The van der Waals surface area contributed by atoms with Gasteiger partial charge in [-0.1, -0.05) is 12.1 Å². The summed E-state index contributed by atoms with van der Waals surface area (Å²) in [6.45, 7) is 0. The Kier molecular flexibility index (Phi) is 6.08. The van der Waals surface area contributed by atoms with Crippen LogP contribution in [0, 0.1) is 11.3 Å². The number of hydrogen-bond donors (Lipinski definition) is 0. The summed E-state index contributed by atoms with van der Waals surface area (Å²) >= 11 is 5.61. The molecule has 4 rings (SSSR count). The molecule has 0 aromatic heterocycles. The topological polar surface area (TPSA) is 73.6 Å². The first-order chi connectivity index (χ1) is 16.1. The number of aryl methyl sites for hydroxylation is 1. The van der Waals surface area contributed by atoms with Crippen molar-refractivity contribution in [1.82, 2.24) is 0 Å². The molecule has 6 nitrogen and oxygen atoms in total. The molecule has 34 heavy (non-hydrogen) atoms. The molecule has 0 atom stereocenters. The van der Waals surface area contributed by atoms with E-state index in [-0.39, 0.29) is 29.1 Å². The summed E-state index contributed by atoms with van der Waals surface area (Å²) < 4.78 is 45.2. The van der Waals surface area contributed by atoms with Crippen molar-refractivity contribution >= 4 is 40.6 Å². The van der Waals surface area contributed by atoms with Crippen LogP contribution in [-0.4, -0.2) is 29.6 Å². The second-order valence-corrected chi connectivity index (χ2v) is 8.59. The molecule has 1 aliphatic heterocycles. The molecule has 0 N–H and O–H groups in total. The Morgan fingerprint density at radius 1 is 1.18 bits per heavy atom. The highest BCUT2D eigenvalue weighted by Gasteiger charge is 2.59. The molecule has 1 spiro atoms. The fourth-order valence-electron chi connectivity index (χ4n) is 4.37. The second-order valence-electron chi connectivity index (χ2n) is 8.23. The Labute approximate surface area is 199 Å². The summed E-state index contributed by atoms with van der Waals surface area (Å²) in [5, 5.41) is 9.17. The van der Waals surface area contributed by atoms with Gasteiger partial charge in [-0.2, -0.15) is 18.4 Å². The van der Waals surface area contributed by atoms with Gasteiger partial charge in [0, 0.05) is 12.1 Å². The van der Waals surface area contributed by atoms with Crippen LogP contribution in [0.5, 0.6) is 0 Å². The molecule has 0 unspecified atom stereocenters. The first-order valence-electron chi connectivity index (χ1n) is 10.6. The molecule has 1 saturated carbocycles. The van der Waals surface area contributed by atoms with Crippen molar-refractivity contribution in [2.24, 2.45) is 0 Å². The van der Waals surface area contributed by atoms with Crippen molar-refractivity contribution in [2.75, 3.05) is 16.9 Å². The first-order valence-corrected chi connectivity index (χ1v) is 11.0. The molecular weight excluding hydrogens is 467 g/mol. The molecule has 0 radical (unpaired) electrons. The average molecular weight is 488 g/mol. The number of alkyl halides is 3. The molecule has 2 aliphatic rings. The molecule has 2 aromatic carbocycles. The third-order valence-electron chi connectivity index (χ3n) is 6.32. The highest BCUT2D eigenvalue weighted by atomic mass is 32.1. The van der Waals surface area contributed by atoms with E-state index in [0.717, 1.165) is 29.0 Å². The van der Waals surface area contributed by atoms with Crippen molar-refractivity contribution in [3.63, 3.8) is 0 Å². The minimum Gasteiger partial charge on any atom is -0.469 e. The van der Waals surface area contributed by atoms with Crippen LogP contribution >= 0.6 is 12.2 Å². The molecule has 1 saturated heterocycles. The van der Waals surface area contributed by atoms with Gasteiger partial charge in [0.05, 0.1) is 30.0 Å². The van der Waals surface area contributed by atoms with E-state index in [9.17, 15) is 22.8 Å². The highest BCUT2D eigenvalue weighted by molar-refractivity contribution is 7.81. The van der Waals surface area contributed by atoms with Gasteiger partial charge in [-0.25, -0.2) is 0 Å². The van der Waals surface area contributed by atoms with E-state index in [1.54, 1.807) is 23.1 Å². The van der Waals surface area contributed by atoms with Crippen LogP contribution in [0.4, 0.5) is 24.5 Å². The van der Waals surface area contributed by atoms with E-state index in [0.29, 0.717) is 24.9 Å². The molecule has 176 valence electrons. The maximum Gasteiger partial charge on any atom is 0.417 e. The number of benzene rings is 2. The number of esters is 1. The number of carbonyl (C=O) groups excluding carboxylic acids is 2.